The number of anilines is 1. The highest BCUT2D eigenvalue weighted by atomic mass is 16.2. The third-order valence-corrected chi connectivity index (χ3v) is 6.82. The smallest absolute Gasteiger partial charge is 0.233 e. The number of likely N-dealkylation sites (tertiary alicyclic amines) is 1. The quantitative estimate of drug-likeness (QED) is 0.515. The normalized spacial score (nSPS) is 21.4. The summed E-state index contributed by atoms with van der Waals surface area (Å²) in [4.78, 5) is 35.8. The van der Waals surface area contributed by atoms with Gasteiger partial charge in [0.25, 0.3) is 0 Å². The average Bonchev–Trinajstić information content (AvgIpc) is 3.59. The van der Waals surface area contributed by atoms with Gasteiger partial charge >= 0.3 is 0 Å². The van der Waals surface area contributed by atoms with Crippen LogP contribution in [0.25, 0.3) is 27.9 Å². The first-order valence-corrected chi connectivity index (χ1v) is 11.4. The number of rotatable bonds is 4. The molecule has 32 heavy (non-hydrogen) atoms. The molecule has 4 aromatic rings. The summed E-state index contributed by atoms with van der Waals surface area (Å²) in [5, 5.41) is 4.44. The Labute approximate surface area is 185 Å². The first-order chi connectivity index (χ1) is 15.7. The molecule has 4 aromatic heterocycles. The van der Waals surface area contributed by atoms with Crippen molar-refractivity contribution in [3.63, 3.8) is 0 Å². The minimum atomic E-state index is 0.182. The lowest BCUT2D eigenvalue weighted by Gasteiger charge is -2.30. The van der Waals surface area contributed by atoms with Crippen LogP contribution in [0.4, 0.5) is 5.95 Å². The number of nitrogens with one attached hydrogen (secondary N) is 2. The third kappa shape index (κ3) is 3.47. The highest BCUT2D eigenvalue weighted by molar-refractivity contribution is 5.93. The van der Waals surface area contributed by atoms with Gasteiger partial charge in [-0.15, -0.1) is 0 Å². The van der Waals surface area contributed by atoms with Crippen LogP contribution in [0.2, 0.25) is 0 Å². The average molecular weight is 431 g/mol. The van der Waals surface area contributed by atoms with Crippen molar-refractivity contribution in [3.05, 3.63) is 37.2 Å². The maximum Gasteiger partial charge on any atom is 0.233 e. The molecule has 0 atom stereocenters. The predicted molar refractivity (Wildman–Crippen MR) is 121 cm³/mol. The van der Waals surface area contributed by atoms with Crippen molar-refractivity contribution in [2.45, 2.75) is 44.6 Å². The number of fused-ring (bicyclic) bond motifs is 2. The van der Waals surface area contributed by atoms with Crippen LogP contribution in [0.5, 0.6) is 0 Å². The summed E-state index contributed by atoms with van der Waals surface area (Å²) in [6, 6.07) is 0.303. The molecule has 1 aliphatic carbocycles. The predicted octanol–water partition coefficient (Wildman–Crippen LogP) is 3.26. The highest BCUT2D eigenvalue weighted by Gasteiger charge is 2.30. The van der Waals surface area contributed by atoms with Crippen LogP contribution in [-0.4, -0.2) is 59.3 Å². The Bertz CT molecular complexity index is 1260. The summed E-state index contributed by atoms with van der Waals surface area (Å²) in [5.74, 6) is 1.85. The third-order valence-electron chi connectivity index (χ3n) is 6.82. The van der Waals surface area contributed by atoms with E-state index in [0.29, 0.717) is 23.7 Å². The summed E-state index contributed by atoms with van der Waals surface area (Å²) in [6.07, 6.45) is 17.4. The van der Waals surface area contributed by atoms with E-state index in [0.717, 1.165) is 73.8 Å². The minimum Gasteiger partial charge on any atom is -0.351 e. The van der Waals surface area contributed by atoms with Gasteiger partial charge in [0, 0.05) is 78.7 Å². The Morgan fingerprint density at radius 1 is 1.06 bits per heavy atom. The van der Waals surface area contributed by atoms with Crippen LogP contribution >= 0.6 is 0 Å². The van der Waals surface area contributed by atoms with E-state index >= 15 is 0 Å². The van der Waals surface area contributed by atoms with E-state index < -0.39 is 0 Å². The molecule has 1 aliphatic heterocycles. The zero-order valence-electron chi connectivity index (χ0n) is 17.9. The minimum absolute atomic E-state index is 0.182. The molecule has 0 aromatic carbocycles. The number of hydrogen-bond acceptors (Lipinski definition) is 6. The Morgan fingerprint density at radius 2 is 1.91 bits per heavy atom. The second kappa shape index (κ2) is 7.89. The van der Waals surface area contributed by atoms with Crippen molar-refractivity contribution in [2.24, 2.45) is 5.92 Å². The van der Waals surface area contributed by atoms with Crippen molar-refractivity contribution < 1.29 is 4.79 Å². The lowest BCUT2D eigenvalue weighted by atomic mass is 9.85. The van der Waals surface area contributed by atoms with Gasteiger partial charge in [-0.3, -0.25) is 9.20 Å². The summed E-state index contributed by atoms with van der Waals surface area (Å²) < 4.78 is 1.90. The van der Waals surface area contributed by atoms with Crippen molar-refractivity contribution in [3.8, 4) is 11.1 Å². The van der Waals surface area contributed by atoms with Gasteiger partial charge in [-0.2, -0.15) is 4.98 Å². The van der Waals surface area contributed by atoms with Gasteiger partial charge in [-0.05, 0) is 38.5 Å². The second-order valence-electron chi connectivity index (χ2n) is 8.86. The summed E-state index contributed by atoms with van der Waals surface area (Å²) in [5.41, 5.74) is 2.78. The largest absolute Gasteiger partial charge is 0.351 e. The van der Waals surface area contributed by atoms with Crippen molar-refractivity contribution in [1.29, 1.82) is 0 Å². The molecule has 1 amide bonds. The van der Waals surface area contributed by atoms with Gasteiger partial charge in [-0.1, -0.05) is 0 Å². The molecule has 2 aliphatic rings. The lowest BCUT2D eigenvalue weighted by molar-refractivity contribution is -0.135. The van der Waals surface area contributed by atoms with E-state index in [9.17, 15) is 4.79 Å². The van der Waals surface area contributed by atoms with Crippen LogP contribution in [0, 0.1) is 5.92 Å². The molecule has 0 radical (unpaired) electrons. The van der Waals surface area contributed by atoms with E-state index in [1.165, 1.54) is 0 Å². The van der Waals surface area contributed by atoms with Crippen molar-refractivity contribution >= 4 is 28.7 Å². The molecular formula is C23H26N8O. The van der Waals surface area contributed by atoms with E-state index in [2.05, 4.69) is 30.2 Å². The highest BCUT2D eigenvalue weighted by Crippen LogP contribution is 2.30. The van der Waals surface area contributed by atoms with Gasteiger partial charge in [0.15, 0.2) is 0 Å². The topological polar surface area (TPSA) is 104 Å². The molecule has 0 bridgehead atoms. The molecule has 6 rings (SSSR count). The fraction of sp³-hybridized carbons (Fsp3) is 0.435. The van der Waals surface area contributed by atoms with Crippen molar-refractivity contribution in [1.82, 2.24) is 34.2 Å². The Morgan fingerprint density at radius 3 is 2.75 bits per heavy atom. The van der Waals surface area contributed by atoms with Crippen LogP contribution < -0.4 is 5.32 Å². The van der Waals surface area contributed by atoms with Gasteiger partial charge in [0.2, 0.25) is 17.6 Å². The maximum absolute atomic E-state index is 12.7. The number of hydrogen-bond donors (Lipinski definition) is 2. The van der Waals surface area contributed by atoms with E-state index in [1.807, 2.05) is 35.4 Å². The van der Waals surface area contributed by atoms with Crippen LogP contribution in [0.15, 0.2) is 37.2 Å². The zero-order valence-corrected chi connectivity index (χ0v) is 17.9. The molecule has 9 heteroatoms. The van der Waals surface area contributed by atoms with Gasteiger partial charge in [-0.25, -0.2) is 15.0 Å². The molecule has 164 valence electrons. The monoisotopic (exact) mass is 430 g/mol. The SMILES string of the molecule is O=C([C@H]1CC[C@@H](Nc2ncc3c(-c4cnc5nccn5c4)c[nH]c3n2)CC1)N1CCCC1. The van der Waals surface area contributed by atoms with Crippen LogP contribution in [0.3, 0.4) is 0 Å². The summed E-state index contributed by atoms with van der Waals surface area (Å²) in [6.45, 7) is 1.88. The summed E-state index contributed by atoms with van der Waals surface area (Å²) >= 11 is 0. The number of amides is 1. The molecule has 9 nitrogen and oxygen atoms in total. The Hall–Kier alpha value is -3.49. The number of imidazole rings is 1. The van der Waals surface area contributed by atoms with Gasteiger partial charge in [0.1, 0.15) is 5.65 Å². The van der Waals surface area contributed by atoms with Gasteiger partial charge in [0.05, 0.1) is 0 Å². The molecule has 0 unspecified atom stereocenters. The molecule has 1 saturated carbocycles. The Kier molecular flexibility index (Phi) is 4.74. The fourth-order valence-electron chi connectivity index (χ4n) is 5.03. The standard InChI is InChI=1S/C23H26N8O/c32-21(30-8-1-2-9-30)15-3-5-17(6-4-15)28-22-26-13-19-18(12-25-20(19)29-22)16-11-27-23-24-7-10-31(23)14-16/h7,10-15,17H,1-6,8-9H2,(H2,25,26,28,29)/t15-,17+. The number of carbonyl (C=O) groups is 1. The number of aromatic nitrogens is 6. The molecule has 2 fully saturated rings. The number of carbonyl (C=O) groups excluding carboxylic acids is 1. The number of H-pyrrole nitrogens is 1. The summed E-state index contributed by atoms with van der Waals surface area (Å²) in [7, 11) is 0. The second-order valence-corrected chi connectivity index (χ2v) is 8.86. The van der Waals surface area contributed by atoms with Crippen LogP contribution in [0.1, 0.15) is 38.5 Å². The van der Waals surface area contributed by atoms with Gasteiger partial charge < -0.3 is 15.2 Å². The molecule has 1 saturated heterocycles. The Balaban J connectivity index is 1.14. The molecule has 0 spiro atoms. The first kappa shape index (κ1) is 19.2. The van der Waals surface area contributed by atoms with Crippen LogP contribution in [-0.2, 0) is 4.79 Å². The maximum atomic E-state index is 12.7. The van der Waals surface area contributed by atoms with E-state index in [1.54, 1.807) is 6.20 Å². The number of nitrogens with zero attached hydrogens (tertiary/aromatic N) is 6. The van der Waals surface area contributed by atoms with E-state index in [4.69, 9.17) is 4.98 Å². The van der Waals surface area contributed by atoms with E-state index in [-0.39, 0.29) is 5.92 Å². The zero-order chi connectivity index (χ0) is 21.5. The molecule has 2 N–H and O–H groups in total. The molecular weight excluding hydrogens is 404 g/mol. The van der Waals surface area contributed by atoms with Crippen molar-refractivity contribution in [2.75, 3.05) is 18.4 Å². The fourth-order valence-corrected chi connectivity index (χ4v) is 5.03. The lowest BCUT2D eigenvalue weighted by Crippen LogP contribution is -2.37. The first-order valence-electron chi connectivity index (χ1n) is 11.4. The number of aromatic amines is 1. The molecule has 5 heterocycles.